The van der Waals surface area contributed by atoms with Crippen LogP contribution in [-0.4, -0.2) is 109 Å². The molecule has 1 unspecified atom stereocenters. The van der Waals surface area contributed by atoms with Gasteiger partial charge in [0.2, 0.25) is 5.91 Å². The lowest BCUT2D eigenvalue weighted by molar-refractivity contribution is -0.180. The highest BCUT2D eigenvalue weighted by atomic mass is 16.7. The molecule has 12 nitrogen and oxygen atoms in total. The molecule has 0 aromatic heterocycles. The van der Waals surface area contributed by atoms with Gasteiger partial charge >= 0.3 is 18.0 Å². The molecule has 2 amide bonds. The summed E-state index contributed by atoms with van der Waals surface area (Å²) in [5.74, 6) is -1.24. The quantitative estimate of drug-likeness (QED) is 0.204. The molecule has 0 spiro atoms. The number of carbonyl (C=O) groups excluding carboxylic acids is 5. The Morgan fingerprint density at radius 1 is 0.929 bits per heavy atom. The molecule has 2 heterocycles. The number of ketones is 1. The van der Waals surface area contributed by atoms with Crippen LogP contribution in [0.15, 0.2) is 24.3 Å². The Balaban J connectivity index is 1.42. The van der Waals surface area contributed by atoms with E-state index >= 15 is 0 Å². The van der Waals surface area contributed by atoms with Crippen LogP contribution in [0.3, 0.4) is 0 Å². The predicted octanol–water partition coefficient (Wildman–Crippen LogP) is 2.74. The Labute approximate surface area is 247 Å². The van der Waals surface area contributed by atoms with Crippen LogP contribution in [0.25, 0.3) is 0 Å². The number of amides is 2. The second-order valence-electron chi connectivity index (χ2n) is 11.1. The molecule has 0 radical (unpaired) electrons. The number of carbonyl (C=O) groups is 5. The topological polar surface area (TPSA) is 132 Å². The monoisotopic (exact) mass is 589 g/mol. The molecule has 2 fully saturated rings. The zero-order chi connectivity index (χ0) is 30.8. The number of hydrogen-bond acceptors (Lipinski definition) is 10. The molecule has 42 heavy (non-hydrogen) atoms. The van der Waals surface area contributed by atoms with Crippen LogP contribution >= 0.6 is 0 Å². The Morgan fingerprint density at radius 2 is 1.60 bits per heavy atom. The second-order valence-corrected chi connectivity index (χ2v) is 11.1. The Bertz CT molecular complexity index is 1100. The lowest BCUT2D eigenvalue weighted by Crippen LogP contribution is -2.56. The van der Waals surface area contributed by atoms with E-state index in [-0.39, 0.29) is 55.9 Å². The third-order valence-electron chi connectivity index (χ3n) is 7.23. The van der Waals surface area contributed by atoms with Crippen molar-refractivity contribution in [3.63, 3.8) is 0 Å². The molecule has 0 saturated carbocycles. The number of Topliss-reactive ketones (excluding diaryl/α,β-unsaturated/α-hetero) is 1. The number of piperazine rings is 1. The van der Waals surface area contributed by atoms with Crippen molar-refractivity contribution in [3.05, 3.63) is 29.8 Å². The summed E-state index contributed by atoms with van der Waals surface area (Å²) in [5.41, 5.74) is 0.451. The molecule has 2 aliphatic heterocycles. The van der Waals surface area contributed by atoms with Gasteiger partial charge in [-0.05, 0) is 44.0 Å². The first-order chi connectivity index (χ1) is 20.0. The predicted molar refractivity (Wildman–Crippen MR) is 152 cm³/mol. The minimum Gasteiger partial charge on any atom is -0.482 e. The van der Waals surface area contributed by atoms with Gasteiger partial charge < -0.3 is 28.7 Å². The lowest BCUT2D eigenvalue weighted by atomic mass is 10.0. The summed E-state index contributed by atoms with van der Waals surface area (Å²) in [6, 6.07) is 6.57. The summed E-state index contributed by atoms with van der Waals surface area (Å²) in [4.78, 5) is 67.2. The molecule has 0 aliphatic carbocycles. The number of likely N-dealkylation sites (tertiary alicyclic amines) is 1. The average Bonchev–Trinajstić information content (AvgIpc) is 2.97. The number of rotatable bonds is 12. The first-order valence-corrected chi connectivity index (χ1v) is 14.6. The van der Waals surface area contributed by atoms with E-state index in [1.54, 1.807) is 54.8 Å². The lowest BCUT2D eigenvalue weighted by Gasteiger charge is -2.42. The van der Waals surface area contributed by atoms with Gasteiger partial charge in [0.1, 0.15) is 5.75 Å². The Hall–Kier alpha value is -3.67. The second kappa shape index (κ2) is 15.5. The summed E-state index contributed by atoms with van der Waals surface area (Å²) >= 11 is 0. The maximum atomic E-state index is 12.9. The van der Waals surface area contributed by atoms with E-state index in [1.807, 2.05) is 13.8 Å². The van der Waals surface area contributed by atoms with E-state index in [9.17, 15) is 24.0 Å². The molecule has 2 saturated heterocycles. The number of esters is 2. The van der Waals surface area contributed by atoms with Crippen LogP contribution in [0.1, 0.15) is 57.8 Å². The zero-order valence-corrected chi connectivity index (χ0v) is 25.2. The molecule has 3 rings (SSSR count). The fourth-order valence-corrected chi connectivity index (χ4v) is 4.69. The van der Waals surface area contributed by atoms with Gasteiger partial charge in [0.05, 0.1) is 25.6 Å². The van der Waals surface area contributed by atoms with Crippen molar-refractivity contribution < 1.29 is 42.9 Å². The highest BCUT2D eigenvalue weighted by Gasteiger charge is 2.34. The average molecular weight is 590 g/mol. The van der Waals surface area contributed by atoms with Crippen molar-refractivity contribution in [1.29, 1.82) is 0 Å². The van der Waals surface area contributed by atoms with Crippen LogP contribution < -0.4 is 4.74 Å². The van der Waals surface area contributed by atoms with Crippen molar-refractivity contribution in [2.24, 2.45) is 11.8 Å². The molecule has 232 valence electrons. The third-order valence-corrected chi connectivity index (χ3v) is 7.23. The van der Waals surface area contributed by atoms with Crippen molar-refractivity contribution in [2.75, 3.05) is 52.5 Å². The maximum absolute atomic E-state index is 12.9. The molecule has 2 aliphatic rings. The standard InChI is InChI=1S/C30H43N3O9/c1-6-39-27(36)19-40-24-9-7-22(8-10-24)25(34)17-33-16-15-32(18-26(33)35)23-11-13-31(14-12-23)30(38)42-29(21(4)5)41-28(37)20(2)3/h7-10,20-21,23,29H,6,11-19H2,1-5H3. The first-order valence-electron chi connectivity index (χ1n) is 14.6. The van der Waals surface area contributed by atoms with Gasteiger partial charge in [0.25, 0.3) is 6.29 Å². The van der Waals surface area contributed by atoms with Crippen LogP contribution in [0.5, 0.6) is 5.75 Å². The Morgan fingerprint density at radius 3 is 2.17 bits per heavy atom. The van der Waals surface area contributed by atoms with Crippen LogP contribution in [0, 0.1) is 11.8 Å². The summed E-state index contributed by atoms with van der Waals surface area (Å²) in [6.07, 6.45) is -0.0866. The summed E-state index contributed by atoms with van der Waals surface area (Å²) < 4.78 is 21.0. The minimum atomic E-state index is -0.943. The fourth-order valence-electron chi connectivity index (χ4n) is 4.69. The molecular weight excluding hydrogens is 546 g/mol. The Kier molecular flexibility index (Phi) is 12.1. The van der Waals surface area contributed by atoms with Gasteiger partial charge in [-0.2, -0.15) is 0 Å². The van der Waals surface area contributed by atoms with Crippen molar-refractivity contribution in [1.82, 2.24) is 14.7 Å². The highest BCUT2D eigenvalue weighted by molar-refractivity contribution is 5.99. The first kappa shape index (κ1) is 32.8. The van der Waals surface area contributed by atoms with Crippen molar-refractivity contribution >= 4 is 29.7 Å². The van der Waals surface area contributed by atoms with Gasteiger partial charge in [-0.1, -0.05) is 27.7 Å². The normalized spacial score (nSPS) is 17.3. The number of piperidine rings is 1. The molecule has 1 aromatic rings. The number of nitrogens with zero attached hydrogens (tertiary/aromatic N) is 3. The van der Waals surface area contributed by atoms with E-state index in [1.165, 1.54) is 0 Å². The molecular formula is C30H43N3O9. The molecule has 0 N–H and O–H groups in total. The van der Waals surface area contributed by atoms with E-state index in [0.717, 1.165) is 0 Å². The molecule has 12 heteroatoms. The number of hydrogen-bond donors (Lipinski definition) is 0. The van der Waals surface area contributed by atoms with Crippen molar-refractivity contribution in [2.45, 2.75) is 59.8 Å². The minimum absolute atomic E-state index is 0.0155. The SMILES string of the molecule is CCOC(=O)COc1ccc(C(=O)CN2CCN(C3CCN(C(=O)OC(OC(=O)C(C)C)C(C)C)CC3)CC2=O)cc1. The maximum Gasteiger partial charge on any atom is 0.412 e. The summed E-state index contributed by atoms with van der Waals surface area (Å²) in [5, 5.41) is 0. The van der Waals surface area contributed by atoms with Crippen molar-refractivity contribution in [3.8, 4) is 5.75 Å². The van der Waals surface area contributed by atoms with E-state index in [0.29, 0.717) is 50.3 Å². The molecule has 0 bridgehead atoms. The van der Waals surface area contributed by atoms with Gasteiger partial charge in [-0.25, -0.2) is 9.59 Å². The molecule has 1 atom stereocenters. The zero-order valence-electron chi connectivity index (χ0n) is 25.2. The van der Waals surface area contributed by atoms with E-state index < -0.39 is 24.3 Å². The van der Waals surface area contributed by atoms with Crippen LogP contribution in [-0.2, 0) is 28.6 Å². The highest BCUT2D eigenvalue weighted by Crippen LogP contribution is 2.21. The number of ether oxygens (including phenoxy) is 4. The van der Waals surface area contributed by atoms with Gasteiger partial charge in [-0.3, -0.25) is 19.3 Å². The van der Waals surface area contributed by atoms with Crippen LogP contribution in [0.4, 0.5) is 4.79 Å². The third kappa shape index (κ3) is 9.43. The van der Waals surface area contributed by atoms with Gasteiger partial charge in [0.15, 0.2) is 12.4 Å². The van der Waals surface area contributed by atoms with E-state index in [2.05, 4.69) is 4.90 Å². The largest absolute Gasteiger partial charge is 0.482 e. The summed E-state index contributed by atoms with van der Waals surface area (Å²) in [6.45, 7) is 11.1. The molecule has 1 aromatic carbocycles. The van der Waals surface area contributed by atoms with Gasteiger partial charge in [0, 0.05) is 43.7 Å². The fraction of sp³-hybridized carbons (Fsp3) is 0.633. The van der Waals surface area contributed by atoms with Gasteiger partial charge in [-0.15, -0.1) is 0 Å². The van der Waals surface area contributed by atoms with E-state index in [4.69, 9.17) is 18.9 Å². The smallest absolute Gasteiger partial charge is 0.412 e. The summed E-state index contributed by atoms with van der Waals surface area (Å²) in [7, 11) is 0. The van der Waals surface area contributed by atoms with Crippen LogP contribution in [0.2, 0.25) is 0 Å². The number of benzene rings is 1.